The molecule has 0 atom stereocenters. The quantitative estimate of drug-likeness (QED) is 0.774. The maximum Gasteiger partial charge on any atom is 0.321 e. The first-order valence-electron chi connectivity index (χ1n) is 8.71. The molecule has 23 heavy (non-hydrogen) atoms. The van der Waals surface area contributed by atoms with Gasteiger partial charge in [-0.2, -0.15) is 0 Å². The molecular weight excluding hydrogens is 290 g/mol. The maximum atomic E-state index is 12.3. The van der Waals surface area contributed by atoms with E-state index in [0.717, 1.165) is 25.1 Å². The second-order valence-corrected chi connectivity index (χ2v) is 6.14. The predicted octanol–water partition coefficient (Wildman–Crippen LogP) is 2.56. The van der Waals surface area contributed by atoms with E-state index in [9.17, 15) is 4.79 Å². The lowest BCUT2D eigenvalue weighted by atomic mass is 10.1. The second-order valence-electron chi connectivity index (χ2n) is 6.14. The van der Waals surface area contributed by atoms with E-state index in [-0.39, 0.29) is 12.6 Å². The zero-order valence-electron chi connectivity index (χ0n) is 14.1. The van der Waals surface area contributed by atoms with Crippen molar-refractivity contribution in [1.29, 1.82) is 0 Å². The van der Waals surface area contributed by atoms with Gasteiger partial charge in [0, 0.05) is 25.3 Å². The monoisotopic (exact) mass is 319 g/mol. The van der Waals surface area contributed by atoms with Crippen molar-refractivity contribution in [1.82, 2.24) is 9.80 Å². The summed E-state index contributed by atoms with van der Waals surface area (Å²) < 4.78 is 0. The van der Waals surface area contributed by atoms with Gasteiger partial charge in [0.1, 0.15) is 0 Å². The van der Waals surface area contributed by atoms with Gasteiger partial charge in [0.2, 0.25) is 0 Å². The van der Waals surface area contributed by atoms with Crippen LogP contribution in [0.25, 0.3) is 0 Å². The number of carbonyl (C=O) groups is 1. The van der Waals surface area contributed by atoms with Gasteiger partial charge in [-0.1, -0.05) is 19.1 Å². The Morgan fingerprint density at radius 1 is 1.30 bits per heavy atom. The molecule has 128 valence electrons. The van der Waals surface area contributed by atoms with Crippen LogP contribution in [0.15, 0.2) is 24.3 Å². The lowest BCUT2D eigenvalue weighted by Gasteiger charge is -2.21. The number of rotatable bonds is 8. The van der Waals surface area contributed by atoms with Gasteiger partial charge in [-0.05, 0) is 56.5 Å². The molecule has 0 aliphatic carbocycles. The largest absolute Gasteiger partial charge is 0.395 e. The lowest BCUT2D eigenvalue weighted by Crippen LogP contribution is -2.37. The molecule has 2 rings (SSSR count). The molecule has 2 N–H and O–H groups in total. The van der Waals surface area contributed by atoms with Crippen molar-refractivity contribution in [2.24, 2.45) is 0 Å². The van der Waals surface area contributed by atoms with Crippen LogP contribution in [0.3, 0.4) is 0 Å². The van der Waals surface area contributed by atoms with Crippen LogP contribution in [-0.4, -0.2) is 60.3 Å². The third kappa shape index (κ3) is 5.84. The summed E-state index contributed by atoms with van der Waals surface area (Å²) in [6.45, 7) is 6.55. The third-order valence-corrected chi connectivity index (χ3v) is 4.24. The van der Waals surface area contributed by atoms with Crippen molar-refractivity contribution < 1.29 is 9.90 Å². The van der Waals surface area contributed by atoms with Crippen LogP contribution in [-0.2, 0) is 6.42 Å². The molecule has 0 unspecified atom stereocenters. The van der Waals surface area contributed by atoms with Crippen molar-refractivity contribution in [2.45, 2.75) is 32.6 Å². The molecule has 0 spiro atoms. The molecule has 1 fully saturated rings. The van der Waals surface area contributed by atoms with Crippen LogP contribution >= 0.6 is 0 Å². The minimum Gasteiger partial charge on any atom is -0.395 e. The molecule has 1 aliphatic rings. The van der Waals surface area contributed by atoms with Crippen LogP contribution in [0.2, 0.25) is 0 Å². The number of aliphatic hydroxyl groups excluding tert-OH is 1. The first kappa shape index (κ1) is 17.8. The fourth-order valence-electron chi connectivity index (χ4n) is 3.01. The van der Waals surface area contributed by atoms with Crippen LogP contribution in [0, 0.1) is 0 Å². The summed E-state index contributed by atoms with van der Waals surface area (Å²) in [4.78, 5) is 16.4. The van der Waals surface area contributed by atoms with E-state index >= 15 is 0 Å². The number of aliphatic hydroxyl groups is 1. The van der Waals surface area contributed by atoms with E-state index in [4.69, 9.17) is 5.11 Å². The Hall–Kier alpha value is -1.59. The minimum atomic E-state index is -0.141. The molecule has 1 aromatic rings. The number of nitrogens with zero attached hydrogens (tertiary/aromatic N) is 2. The van der Waals surface area contributed by atoms with Gasteiger partial charge in [0.05, 0.1) is 6.61 Å². The number of amides is 2. The summed E-state index contributed by atoms with van der Waals surface area (Å²) in [5.41, 5.74) is 2.08. The number of hydrogen-bond acceptors (Lipinski definition) is 3. The predicted molar refractivity (Wildman–Crippen MR) is 93.8 cm³/mol. The van der Waals surface area contributed by atoms with Crippen molar-refractivity contribution in [3.63, 3.8) is 0 Å². The van der Waals surface area contributed by atoms with Crippen LogP contribution in [0.1, 0.15) is 31.7 Å². The highest BCUT2D eigenvalue weighted by Gasteiger charge is 2.13. The van der Waals surface area contributed by atoms with Gasteiger partial charge in [-0.3, -0.25) is 0 Å². The van der Waals surface area contributed by atoms with Gasteiger partial charge < -0.3 is 20.2 Å². The van der Waals surface area contributed by atoms with E-state index in [1.807, 2.05) is 19.1 Å². The Morgan fingerprint density at radius 3 is 2.78 bits per heavy atom. The number of anilines is 1. The van der Waals surface area contributed by atoms with Crippen molar-refractivity contribution in [3.05, 3.63) is 29.8 Å². The number of hydrogen-bond donors (Lipinski definition) is 2. The summed E-state index contributed by atoms with van der Waals surface area (Å²) >= 11 is 0. The average molecular weight is 319 g/mol. The first-order chi connectivity index (χ1) is 11.2. The summed E-state index contributed by atoms with van der Waals surface area (Å²) in [7, 11) is 0. The Morgan fingerprint density at radius 2 is 2.09 bits per heavy atom. The van der Waals surface area contributed by atoms with E-state index < -0.39 is 0 Å². The van der Waals surface area contributed by atoms with Gasteiger partial charge in [0.25, 0.3) is 0 Å². The number of benzene rings is 1. The Bertz CT molecular complexity index is 481. The highest BCUT2D eigenvalue weighted by atomic mass is 16.3. The van der Waals surface area contributed by atoms with Crippen LogP contribution in [0.5, 0.6) is 0 Å². The van der Waals surface area contributed by atoms with E-state index in [1.54, 1.807) is 4.90 Å². The van der Waals surface area contributed by atoms with E-state index in [0.29, 0.717) is 13.1 Å². The van der Waals surface area contributed by atoms with Crippen LogP contribution in [0.4, 0.5) is 10.5 Å². The molecule has 2 amide bonds. The molecule has 1 aromatic carbocycles. The molecule has 5 nitrogen and oxygen atoms in total. The van der Waals surface area contributed by atoms with Gasteiger partial charge in [-0.25, -0.2) is 4.79 Å². The second kappa shape index (κ2) is 9.53. The summed E-state index contributed by atoms with van der Waals surface area (Å²) in [5.74, 6) is 0. The Kier molecular flexibility index (Phi) is 7.36. The Labute approximate surface area is 139 Å². The smallest absolute Gasteiger partial charge is 0.321 e. The van der Waals surface area contributed by atoms with E-state index in [1.165, 1.54) is 31.5 Å². The molecule has 1 aliphatic heterocycles. The molecule has 1 saturated heterocycles. The molecule has 1 heterocycles. The van der Waals surface area contributed by atoms with Gasteiger partial charge in [0.15, 0.2) is 0 Å². The Balaban J connectivity index is 1.88. The SMILES string of the molecule is CCCN(CCO)C(=O)Nc1cccc(CCN2CCCC2)c1. The zero-order valence-corrected chi connectivity index (χ0v) is 14.1. The summed E-state index contributed by atoms with van der Waals surface area (Å²) in [5, 5.41) is 12.0. The first-order valence-corrected chi connectivity index (χ1v) is 8.71. The van der Waals surface area contributed by atoms with Crippen molar-refractivity contribution in [3.8, 4) is 0 Å². The highest BCUT2D eigenvalue weighted by molar-refractivity contribution is 5.89. The summed E-state index contributed by atoms with van der Waals surface area (Å²) in [6.07, 6.45) is 4.52. The molecule has 5 heteroatoms. The maximum absolute atomic E-state index is 12.3. The topological polar surface area (TPSA) is 55.8 Å². The average Bonchev–Trinajstić information content (AvgIpc) is 3.06. The number of likely N-dealkylation sites (tertiary alicyclic amines) is 1. The minimum absolute atomic E-state index is 0.0106. The van der Waals surface area contributed by atoms with Crippen LogP contribution < -0.4 is 5.32 Å². The van der Waals surface area contributed by atoms with E-state index in [2.05, 4.69) is 22.3 Å². The number of urea groups is 1. The molecule has 0 aromatic heterocycles. The zero-order chi connectivity index (χ0) is 16.5. The third-order valence-electron chi connectivity index (χ3n) is 4.24. The van der Waals surface area contributed by atoms with Gasteiger partial charge in [-0.15, -0.1) is 0 Å². The molecular formula is C18H29N3O2. The number of nitrogens with one attached hydrogen (secondary N) is 1. The fourth-order valence-corrected chi connectivity index (χ4v) is 3.01. The standard InChI is InChI=1S/C18H29N3O2/c1-2-9-21(13-14-22)18(23)19-17-7-5-6-16(15-17)8-12-20-10-3-4-11-20/h5-7,15,22H,2-4,8-14H2,1H3,(H,19,23). The fraction of sp³-hybridized carbons (Fsp3) is 0.611. The van der Waals surface area contributed by atoms with Crippen molar-refractivity contribution in [2.75, 3.05) is 44.6 Å². The van der Waals surface area contributed by atoms with Crippen molar-refractivity contribution >= 4 is 11.7 Å². The van der Waals surface area contributed by atoms with Gasteiger partial charge >= 0.3 is 6.03 Å². The normalized spacial score (nSPS) is 14.9. The molecule has 0 bridgehead atoms. The molecule has 0 radical (unpaired) electrons. The summed E-state index contributed by atoms with van der Waals surface area (Å²) in [6, 6.07) is 7.93. The number of carbonyl (C=O) groups excluding carboxylic acids is 1. The molecule has 0 saturated carbocycles. The highest BCUT2D eigenvalue weighted by Crippen LogP contribution is 2.14. The lowest BCUT2D eigenvalue weighted by molar-refractivity contribution is 0.188.